The smallest absolute Gasteiger partial charge is 0.324 e. The van der Waals surface area contributed by atoms with E-state index in [-0.39, 0.29) is 11.4 Å². The molecule has 1 atom stereocenters. The van der Waals surface area contributed by atoms with Crippen LogP contribution in [-0.4, -0.2) is 20.2 Å². The number of benzene rings is 1. The van der Waals surface area contributed by atoms with Gasteiger partial charge in [-0.05, 0) is 13.0 Å². The number of aryl methyl sites for hydroxylation is 1. The van der Waals surface area contributed by atoms with E-state index in [9.17, 15) is 14.0 Å². The van der Waals surface area contributed by atoms with Gasteiger partial charge in [0.15, 0.2) is 5.82 Å². The van der Waals surface area contributed by atoms with E-state index < -0.39 is 23.0 Å². The number of nitrogens with zero attached hydrogens (tertiary/aromatic N) is 1. The Labute approximate surface area is 128 Å². The molecule has 1 aliphatic rings. The first kappa shape index (κ1) is 13.5. The molecule has 0 aliphatic carbocycles. The number of hydrogen-bond acceptors (Lipinski definition) is 4. The first-order valence-corrected chi connectivity index (χ1v) is 6.99. The van der Waals surface area contributed by atoms with Crippen LogP contribution in [-0.2, 0) is 0 Å². The van der Waals surface area contributed by atoms with E-state index >= 15 is 0 Å². The van der Waals surface area contributed by atoms with Crippen LogP contribution in [0.5, 0.6) is 0 Å². The average Bonchev–Trinajstić information content (AvgIpc) is 2.87. The van der Waals surface area contributed by atoms with Crippen molar-refractivity contribution in [3.8, 4) is 0 Å². The fourth-order valence-corrected chi connectivity index (χ4v) is 3.04. The Kier molecular flexibility index (Phi) is 2.74. The molecular weight excluding hydrogens is 301 g/mol. The Morgan fingerprint density at radius 1 is 1.13 bits per heavy atom. The maximum atomic E-state index is 14.4. The van der Waals surface area contributed by atoms with Crippen LogP contribution in [0.3, 0.4) is 0 Å². The lowest BCUT2D eigenvalue weighted by atomic mass is 9.83. The molecule has 0 amide bonds. The Hall–Kier alpha value is -3.16. The third-order valence-electron chi connectivity index (χ3n) is 4.01. The monoisotopic (exact) mass is 313 g/mol. The van der Waals surface area contributed by atoms with Crippen molar-refractivity contribution < 1.29 is 4.39 Å². The molecule has 23 heavy (non-hydrogen) atoms. The zero-order valence-electron chi connectivity index (χ0n) is 12.0. The summed E-state index contributed by atoms with van der Waals surface area (Å²) in [5, 5.41) is 9.88. The molecule has 0 radical (unpaired) electrons. The van der Waals surface area contributed by atoms with Gasteiger partial charge in [-0.1, -0.05) is 18.2 Å². The van der Waals surface area contributed by atoms with Gasteiger partial charge in [-0.3, -0.25) is 19.9 Å². The molecular formula is C15H12FN5O2. The molecule has 0 unspecified atom stereocenters. The highest BCUT2D eigenvalue weighted by atomic mass is 19.1. The highest BCUT2D eigenvalue weighted by molar-refractivity contribution is 5.71. The Bertz CT molecular complexity index is 1030. The predicted molar refractivity (Wildman–Crippen MR) is 81.6 cm³/mol. The van der Waals surface area contributed by atoms with Gasteiger partial charge in [-0.15, -0.1) is 0 Å². The fraction of sp³-hybridized carbons (Fsp3) is 0.133. The lowest BCUT2D eigenvalue weighted by molar-refractivity contribution is 0.605. The number of rotatable bonds is 1. The SMILES string of the molecule is Cc1[nH]nc2c1[C@H](c1ccccc1F)c1c([nH]c(=O)[nH]c1=O)N2. The molecule has 0 saturated heterocycles. The number of fused-ring (bicyclic) bond motifs is 2. The maximum Gasteiger partial charge on any atom is 0.327 e. The zero-order chi connectivity index (χ0) is 16.1. The van der Waals surface area contributed by atoms with E-state index in [1.807, 2.05) is 0 Å². The Balaban J connectivity index is 2.09. The third-order valence-corrected chi connectivity index (χ3v) is 4.01. The van der Waals surface area contributed by atoms with E-state index in [0.717, 1.165) is 5.69 Å². The number of halogens is 1. The molecule has 0 spiro atoms. The van der Waals surface area contributed by atoms with E-state index in [4.69, 9.17) is 0 Å². The molecule has 4 rings (SSSR count). The van der Waals surface area contributed by atoms with Crippen LogP contribution in [0.15, 0.2) is 33.9 Å². The van der Waals surface area contributed by atoms with Crippen molar-refractivity contribution in [1.29, 1.82) is 0 Å². The number of H-pyrrole nitrogens is 3. The number of hydrogen-bond donors (Lipinski definition) is 4. The highest BCUT2D eigenvalue weighted by Gasteiger charge is 2.35. The topological polar surface area (TPSA) is 106 Å². The van der Waals surface area contributed by atoms with Gasteiger partial charge < -0.3 is 5.32 Å². The van der Waals surface area contributed by atoms with Gasteiger partial charge in [0, 0.05) is 16.8 Å². The molecule has 2 aromatic heterocycles. The molecule has 4 N–H and O–H groups in total. The van der Waals surface area contributed by atoms with Gasteiger partial charge in [-0.2, -0.15) is 5.10 Å². The van der Waals surface area contributed by atoms with Crippen LogP contribution in [0, 0.1) is 12.7 Å². The lowest BCUT2D eigenvalue weighted by Crippen LogP contribution is -2.32. The first-order chi connectivity index (χ1) is 11.1. The largest absolute Gasteiger partial charge is 0.327 e. The molecule has 3 aromatic rings. The summed E-state index contributed by atoms with van der Waals surface area (Å²) in [6.07, 6.45) is 0. The summed E-state index contributed by atoms with van der Waals surface area (Å²) in [7, 11) is 0. The van der Waals surface area contributed by atoms with Crippen LogP contribution in [0.4, 0.5) is 16.0 Å². The number of anilines is 2. The van der Waals surface area contributed by atoms with E-state index in [2.05, 4.69) is 25.5 Å². The molecule has 0 saturated carbocycles. The van der Waals surface area contributed by atoms with Gasteiger partial charge in [-0.25, -0.2) is 9.18 Å². The lowest BCUT2D eigenvalue weighted by Gasteiger charge is -2.25. The molecule has 116 valence electrons. The van der Waals surface area contributed by atoms with Crippen LogP contribution in [0.2, 0.25) is 0 Å². The summed E-state index contributed by atoms with van der Waals surface area (Å²) >= 11 is 0. The summed E-state index contributed by atoms with van der Waals surface area (Å²) in [6, 6.07) is 6.25. The molecule has 1 aliphatic heterocycles. The Morgan fingerprint density at radius 3 is 2.70 bits per heavy atom. The molecule has 0 fully saturated rings. The summed E-state index contributed by atoms with van der Waals surface area (Å²) in [5.41, 5.74) is 0.808. The average molecular weight is 313 g/mol. The third kappa shape index (κ3) is 1.91. The summed E-state index contributed by atoms with van der Waals surface area (Å²) in [4.78, 5) is 28.6. The normalized spacial score (nSPS) is 15.7. The summed E-state index contributed by atoms with van der Waals surface area (Å²) in [6.45, 7) is 1.80. The minimum absolute atomic E-state index is 0.228. The number of aromatic nitrogens is 4. The quantitative estimate of drug-likeness (QED) is 0.427. The van der Waals surface area contributed by atoms with Crippen molar-refractivity contribution in [3.63, 3.8) is 0 Å². The first-order valence-electron chi connectivity index (χ1n) is 6.99. The van der Waals surface area contributed by atoms with Crippen molar-refractivity contribution in [1.82, 2.24) is 20.2 Å². The molecule has 8 heteroatoms. The van der Waals surface area contributed by atoms with Gasteiger partial charge in [0.05, 0.1) is 11.5 Å². The summed E-state index contributed by atoms with van der Waals surface area (Å²) < 4.78 is 14.4. The minimum atomic E-state index is -0.665. The van der Waals surface area contributed by atoms with Gasteiger partial charge >= 0.3 is 5.69 Å². The van der Waals surface area contributed by atoms with Gasteiger partial charge in [0.2, 0.25) is 0 Å². The second kappa shape index (κ2) is 4.67. The van der Waals surface area contributed by atoms with E-state index in [1.54, 1.807) is 25.1 Å². The fourth-order valence-electron chi connectivity index (χ4n) is 3.04. The Morgan fingerprint density at radius 2 is 1.91 bits per heavy atom. The zero-order valence-corrected chi connectivity index (χ0v) is 12.0. The summed E-state index contributed by atoms with van der Waals surface area (Å²) in [5.74, 6) is -0.403. The van der Waals surface area contributed by atoms with Crippen LogP contribution >= 0.6 is 0 Å². The highest BCUT2D eigenvalue weighted by Crippen LogP contribution is 2.43. The van der Waals surface area contributed by atoms with E-state index in [1.165, 1.54) is 6.07 Å². The number of nitrogens with one attached hydrogen (secondary N) is 4. The second-order valence-electron chi connectivity index (χ2n) is 5.39. The van der Waals surface area contributed by atoms with Crippen LogP contribution in [0.1, 0.15) is 28.3 Å². The van der Waals surface area contributed by atoms with Crippen molar-refractivity contribution in [2.45, 2.75) is 12.8 Å². The van der Waals surface area contributed by atoms with Crippen molar-refractivity contribution >= 4 is 11.6 Å². The maximum absolute atomic E-state index is 14.4. The molecule has 7 nitrogen and oxygen atoms in total. The van der Waals surface area contributed by atoms with Crippen LogP contribution < -0.4 is 16.6 Å². The van der Waals surface area contributed by atoms with E-state index in [0.29, 0.717) is 16.9 Å². The van der Waals surface area contributed by atoms with Gasteiger partial charge in [0.1, 0.15) is 11.6 Å². The van der Waals surface area contributed by atoms with Gasteiger partial charge in [0.25, 0.3) is 5.56 Å². The standard InChI is InChI=1S/C15H12FN5O2/c1-6-9-10(7-4-2-3-5-8(7)16)11-12(17-13(9)21-20-6)18-15(23)19-14(11)22/h2-5,10H,1H3,(H4,17,18,19,20,21,22,23)/t10-/m0/s1. The van der Waals surface area contributed by atoms with Crippen molar-refractivity contribution in [2.24, 2.45) is 0 Å². The van der Waals surface area contributed by atoms with Crippen molar-refractivity contribution in [2.75, 3.05) is 5.32 Å². The number of aromatic amines is 3. The van der Waals surface area contributed by atoms with Crippen molar-refractivity contribution in [3.05, 3.63) is 73.3 Å². The molecule has 3 heterocycles. The molecule has 1 aromatic carbocycles. The van der Waals surface area contributed by atoms with Crippen LogP contribution in [0.25, 0.3) is 0 Å². The predicted octanol–water partition coefficient (Wildman–Crippen LogP) is 1.47. The minimum Gasteiger partial charge on any atom is -0.324 e. The second-order valence-corrected chi connectivity index (χ2v) is 5.39. The molecule has 0 bridgehead atoms.